The first-order chi connectivity index (χ1) is 18.8. The molecule has 0 spiro atoms. The first kappa shape index (κ1) is 28.0. The van der Waals surface area contributed by atoms with Gasteiger partial charge in [0.05, 0.1) is 0 Å². The monoisotopic (exact) mass is 746 g/mol. The first-order valence-corrected chi connectivity index (χ1v) is 16.3. The second-order valence-corrected chi connectivity index (χ2v) is 15.8. The number of hydrogen-bond acceptors (Lipinski definition) is 0. The van der Waals surface area contributed by atoms with Gasteiger partial charge in [-0.2, -0.15) is 0 Å². The maximum atomic E-state index is 2.54. The zero-order valence-electron chi connectivity index (χ0n) is 24.5. The molecule has 0 aliphatic carbocycles. The van der Waals surface area contributed by atoms with Crippen LogP contribution in [-0.4, -0.2) is 0 Å². The van der Waals surface area contributed by atoms with Crippen LogP contribution in [0.1, 0.15) is 69.4 Å². The number of halogens is 2. The summed E-state index contributed by atoms with van der Waals surface area (Å²) in [5.41, 5.74) is 7.04. The average molecular weight is 747 g/mol. The van der Waals surface area contributed by atoms with E-state index in [1.165, 1.54) is 78.0 Å². The molecule has 0 aliphatic heterocycles. The predicted octanol–water partition coefficient (Wildman–Crippen LogP) is 12.0. The topological polar surface area (TPSA) is 0 Å². The van der Waals surface area contributed by atoms with Gasteiger partial charge in [-0.05, 0) is 159 Å². The number of hydrogen-bond donors (Lipinski definition) is 0. The van der Waals surface area contributed by atoms with Crippen LogP contribution < -0.4 is 0 Å². The van der Waals surface area contributed by atoms with Crippen LogP contribution >= 0.6 is 45.2 Å². The minimum atomic E-state index is 0.0626. The summed E-state index contributed by atoms with van der Waals surface area (Å²) < 4.78 is 2.63. The average Bonchev–Trinajstić information content (AvgIpc) is 2.88. The highest BCUT2D eigenvalue weighted by Crippen LogP contribution is 2.39. The van der Waals surface area contributed by atoms with Gasteiger partial charge in [-0.3, -0.25) is 0 Å². The number of aryl methyl sites for hydroxylation is 1. The van der Waals surface area contributed by atoms with E-state index in [4.69, 9.17) is 0 Å². The molecule has 0 saturated heterocycles. The third-order valence-corrected chi connectivity index (χ3v) is 10.1. The van der Waals surface area contributed by atoms with E-state index in [0.717, 1.165) is 6.42 Å². The summed E-state index contributed by atoms with van der Waals surface area (Å²) in [5.74, 6) is 0. The quantitative estimate of drug-likeness (QED) is 0.122. The van der Waals surface area contributed by atoms with Crippen LogP contribution in [0.4, 0.5) is 0 Å². The molecule has 6 aromatic carbocycles. The molecule has 0 unspecified atom stereocenters. The second-order valence-electron chi connectivity index (χ2n) is 13.5. The molecule has 6 aromatic rings. The molecule has 0 atom stereocenters. The van der Waals surface area contributed by atoms with Gasteiger partial charge >= 0.3 is 0 Å². The Bertz CT molecular complexity index is 1960. The van der Waals surface area contributed by atoms with Crippen LogP contribution in [0.5, 0.6) is 0 Å². The maximum Gasteiger partial charge on any atom is 0.0215 e. The van der Waals surface area contributed by atoms with Crippen molar-refractivity contribution in [1.29, 1.82) is 0 Å². The molecule has 2 heteroatoms. The third-order valence-electron chi connectivity index (χ3n) is 8.35. The van der Waals surface area contributed by atoms with Crippen LogP contribution in [0, 0.1) is 14.1 Å². The summed E-state index contributed by atoms with van der Waals surface area (Å²) in [5, 5.41) is 10.8. The van der Waals surface area contributed by atoms with Gasteiger partial charge < -0.3 is 0 Å². The van der Waals surface area contributed by atoms with Crippen molar-refractivity contribution >= 4 is 88.3 Å². The fourth-order valence-electron chi connectivity index (χ4n) is 5.93. The Kier molecular flexibility index (Phi) is 6.97. The Morgan fingerprint density at radius 1 is 0.500 bits per heavy atom. The Morgan fingerprint density at radius 3 is 1.80 bits per heavy atom. The van der Waals surface area contributed by atoms with E-state index in [1.807, 2.05) is 0 Å². The SMILES string of the molecule is Cc1ccc2cc(I)c3ccc(Cc4cc(C(C)(C)C)cc5c4cc(I)c4ccc(C(C)(C)C)cc45)cc3c2c1. The Morgan fingerprint density at radius 2 is 1.10 bits per heavy atom. The number of rotatable bonds is 2. The van der Waals surface area contributed by atoms with E-state index < -0.39 is 0 Å². The lowest BCUT2D eigenvalue weighted by Crippen LogP contribution is -2.12. The summed E-state index contributed by atoms with van der Waals surface area (Å²) in [6.07, 6.45) is 0.912. The molecule has 0 heterocycles. The first-order valence-electron chi connectivity index (χ1n) is 14.1. The van der Waals surface area contributed by atoms with E-state index in [2.05, 4.69) is 173 Å². The minimum absolute atomic E-state index is 0.0626. The van der Waals surface area contributed by atoms with Crippen LogP contribution in [0.3, 0.4) is 0 Å². The lowest BCUT2D eigenvalue weighted by atomic mass is 9.81. The third kappa shape index (κ3) is 5.04. The van der Waals surface area contributed by atoms with E-state index >= 15 is 0 Å². The molecule has 0 fully saturated rings. The standard InChI is InChI=1S/C38H36I2/c1-22-8-10-24-18-35(39)28-12-9-23(16-32(28)30(24)14-22)15-25-17-27(38(5,6)7)20-34-31(25)21-36(40)29-13-11-26(19-33(29)34)37(2,3)4/h8-14,16-21H,15H2,1-7H3. The van der Waals surface area contributed by atoms with Gasteiger partial charge in [-0.25, -0.2) is 0 Å². The van der Waals surface area contributed by atoms with Crippen molar-refractivity contribution in [2.75, 3.05) is 0 Å². The molecule has 0 radical (unpaired) electrons. The molecule has 0 saturated carbocycles. The molecule has 202 valence electrons. The van der Waals surface area contributed by atoms with Crippen molar-refractivity contribution in [2.24, 2.45) is 0 Å². The molecular weight excluding hydrogens is 710 g/mol. The van der Waals surface area contributed by atoms with E-state index in [1.54, 1.807) is 0 Å². The lowest BCUT2D eigenvalue weighted by Gasteiger charge is -2.24. The highest BCUT2D eigenvalue weighted by molar-refractivity contribution is 14.1. The van der Waals surface area contributed by atoms with Crippen molar-refractivity contribution in [2.45, 2.75) is 65.7 Å². The highest BCUT2D eigenvalue weighted by atomic mass is 127. The van der Waals surface area contributed by atoms with Gasteiger partial charge in [-0.15, -0.1) is 0 Å². The van der Waals surface area contributed by atoms with Gasteiger partial charge in [0.2, 0.25) is 0 Å². The zero-order chi connectivity index (χ0) is 28.6. The fourth-order valence-corrected chi connectivity index (χ4v) is 7.52. The van der Waals surface area contributed by atoms with Gasteiger partial charge in [0, 0.05) is 7.14 Å². The summed E-state index contributed by atoms with van der Waals surface area (Å²) in [7, 11) is 0. The van der Waals surface area contributed by atoms with E-state index in [-0.39, 0.29) is 10.8 Å². The number of fused-ring (bicyclic) bond motifs is 6. The molecule has 0 amide bonds. The van der Waals surface area contributed by atoms with Crippen molar-refractivity contribution < 1.29 is 0 Å². The molecule has 0 aliphatic rings. The normalized spacial score (nSPS) is 12.7. The lowest BCUT2D eigenvalue weighted by molar-refractivity contribution is 0.590. The second kappa shape index (κ2) is 9.97. The fraction of sp³-hybridized carbons (Fsp3) is 0.263. The summed E-state index contributed by atoms with van der Waals surface area (Å²) >= 11 is 5.03. The molecule has 0 N–H and O–H groups in total. The van der Waals surface area contributed by atoms with Gasteiger partial charge in [0.15, 0.2) is 0 Å². The van der Waals surface area contributed by atoms with Crippen molar-refractivity contribution in [1.82, 2.24) is 0 Å². The Labute approximate surface area is 265 Å². The molecule has 0 nitrogen and oxygen atoms in total. The molecule has 0 bridgehead atoms. The largest absolute Gasteiger partial charge is 0.0587 e. The summed E-state index contributed by atoms with van der Waals surface area (Å²) in [6.45, 7) is 16.1. The Hall–Kier alpha value is -2.18. The summed E-state index contributed by atoms with van der Waals surface area (Å²) in [6, 6.07) is 30.7. The highest BCUT2D eigenvalue weighted by Gasteiger charge is 2.20. The molecule has 6 rings (SSSR count). The van der Waals surface area contributed by atoms with E-state index in [9.17, 15) is 0 Å². The molecule has 0 aromatic heterocycles. The predicted molar refractivity (Wildman–Crippen MR) is 193 cm³/mol. The molecular formula is C38H36I2. The van der Waals surface area contributed by atoms with Gasteiger partial charge in [-0.1, -0.05) is 102 Å². The number of benzene rings is 6. The Balaban J connectivity index is 1.61. The van der Waals surface area contributed by atoms with Crippen LogP contribution in [-0.2, 0) is 17.3 Å². The maximum absolute atomic E-state index is 2.54. The van der Waals surface area contributed by atoms with Gasteiger partial charge in [0.1, 0.15) is 0 Å². The summed E-state index contributed by atoms with van der Waals surface area (Å²) in [4.78, 5) is 0. The van der Waals surface area contributed by atoms with E-state index in [0.29, 0.717) is 0 Å². The molecule has 40 heavy (non-hydrogen) atoms. The van der Waals surface area contributed by atoms with Crippen LogP contribution in [0.2, 0.25) is 0 Å². The van der Waals surface area contributed by atoms with Gasteiger partial charge in [0.25, 0.3) is 0 Å². The van der Waals surface area contributed by atoms with Crippen molar-refractivity contribution in [3.8, 4) is 0 Å². The zero-order valence-corrected chi connectivity index (χ0v) is 28.8. The van der Waals surface area contributed by atoms with Crippen molar-refractivity contribution in [3.05, 3.63) is 114 Å². The van der Waals surface area contributed by atoms with Crippen molar-refractivity contribution in [3.63, 3.8) is 0 Å². The minimum Gasteiger partial charge on any atom is -0.0587 e. The van der Waals surface area contributed by atoms with Crippen LogP contribution in [0.25, 0.3) is 43.1 Å². The smallest absolute Gasteiger partial charge is 0.0215 e. The van der Waals surface area contributed by atoms with Crippen LogP contribution in [0.15, 0.2) is 78.9 Å².